The number of amides is 3. The molecule has 2 aliphatic rings. The molecule has 4 rings (SSSR count). The predicted molar refractivity (Wildman–Crippen MR) is 187 cm³/mol. The van der Waals surface area contributed by atoms with Crippen molar-refractivity contribution in [1.29, 1.82) is 0 Å². The van der Waals surface area contributed by atoms with Gasteiger partial charge in [0.15, 0.2) is 5.17 Å². The number of rotatable bonds is 11. The minimum Gasteiger partial charge on any atom is -0.517 e. The zero-order valence-electron chi connectivity index (χ0n) is 29.4. The normalized spacial score (nSPS) is 19.4. The van der Waals surface area contributed by atoms with Gasteiger partial charge in [0.05, 0.1) is 25.3 Å². The molecule has 2 aromatic rings. The van der Waals surface area contributed by atoms with Crippen LogP contribution < -0.4 is 19.7 Å². The number of unbranched alkanes of at least 4 members (excludes halogenated alkanes) is 1. The molecule has 290 valence electrons. The van der Waals surface area contributed by atoms with Crippen LogP contribution in [0, 0.1) is 55.9 Å². The van der Waals surface area contributed by atoms with Gasteiger partial charge >= 0.3 is 18.6 Å². The van der Waals surface area contributed by atoms with Crippen LogP contribution in [0.2, 0.25) is 0 Å². The number of nitrogens with one attached hydrogen (secondary N) is 1. The first kappa shape index (κ1) is 46.1. The molecule has 0 radical (unpaired) electrons. The number of hydrogen-bond acceptors (Lipinski definition) is 6. The quantitative estimate of drug-likeness (QED) is 0.105. The fourth-order valence-corrected chi connectivity index (χ4v) is 6.11. The molecule has 0 bridgehead atoms. The Balaban J connectivity index is 0.000000634. The van der Waals surface area contributed by atoms with Crippen LogP contribution in [0.1, 0.15) is 57.4 Å². The van der Waals surface area contributed by atoms with Gasteiger partial charge in [-0.1, -0.05) is 42.8 Å². The van der Waals surface area contributed by atoms with Crippen LogP contribution in [0.4, 0.5) is 41.2 Å². The molecule has 1 heterocycles. The number of thioether (sulfide) groups is 1. The van der Waals surface area contributed by atoms with Crippen molar-refractivity contribution in [3.05, 3.63) is 54.1 Å². The average molecular weight is 999 g/mol. The molecule has 1 atom stereocenters. The third-order valence-electron chi connectivity index (χ3n) is 7.87. The number of carbonyl (C=O) groups is 2. The smallest absolute Gasteiger partial charge is 0.517 e. The molecule has 1 saturated heterocycles. The zero-order valence-corrected chi connectivity index (χ0v) is 34.4. The second-order valence-corrected chi connectivity index (χ2v) is 12.8. The average Bonchev–Trinajstić information content (AvgIpc) is 3.45. The second-order valence-electron chi connectivity index (χ2n) is 11.9. The standard InChI is InChI=1S/C27H34F4N5O3S.C8H7F3O.U/c1-3-4-14-33-24(32-2)19-11-9-18(10-12-19)20(28)16-34-25(38)35-26-36(23(37)17-40-26)21-7-5-6-8-22(21)39-15-13-27(29,30)31;1-6-2-4-7(5-3-6)12-8(9,10)11;/h6-8,14,18-20H,3-4,9-13,15-17H2,1-2H3,(H,34,38);2-5H,1H3;/q-1;;/b32-24?,33-14?,35-26-;;. The first-order chi connectivity index (χ1) is 24.6. The number of urea groups is 1. The van der Waals surface area contributed by atoms with E-state index in [1.54, 1.807) is 26.1 Å². The molecule has 2 fully saturated rings. The summed E-state index contributed by atoms with van der Waals surface area (Å²) in [5.41, 5.74) is 1.02. The monoisotopic (exact) mass is 998 g/mol. The Labute approximate surface area is 332 Å². The SMILES string of the molecule is CCCC=NC(=NC)C1CCC(C(F)CNC(=O)/N=C2\SCC(=O)N2c2c[c-]ccc2OCCC(F)(F)F)CC1.Cc1ccc(OC(F)(F)F)cc1.[U]. The molecule has 1 unspecified atom stereocenters. The summed E-state index contributed by atoms with van der Waals surface area (Å²) >= 11 is 0.992. The second kappa shape index (κ2) is 22.3. The maximum atomic E-state index is 15.0. The summed E-state index contributed by atoms with van der Waals surface area (Å²) in [7, 11) is 1.72. The molecule has 0 spiro atoms. The van der Waals surface area contributed by atoms with Crippen LogP contribution in [0.5, 0.6) is 11.5 Å². The number of benzene rings is 2. The number of anilines is 1. The number of alkyl halides is 7. The first-order valence-corrected chi connectivity index (χ1v) is 17.6. The van der Waals surface area contributed by atoms with E-state index in [2.05, 4.69) is 38.0 Å². The molecule has 2 aromatic carbocycles. The summed E-state index contributed by atoms with van der Waals surface area (Å²) in [6, 6.07) is 11.8. The van der Waals surface area contributed by atoms with Gasteiger partial charge in [0.25, 0.3) is 0 Å². The van der Waals surface area contributed by atoms with Crippen LogP contribution in [-0.4, -0.2) is 73.8 Å². The van der Waals surface area contributed by atoms with Crippen LogP contribution >= 0.6 is 11.8 Å². The molecule has 1 N–H and O–H groups in total. The van der Waals surface area contributed by atoms with Crippen molar-refractivity contribution < 1.29 is 80.9 Å². The Morgan fingerprint density at radius 2 is 1.79 bits per heavy atom. The first-order valence-electron chi connectivity index (χ1n) is 16.6. The number of nitrogens with zero attached hydrogens (tertiary/aromatic N) is 4. The van der Waals surface area contributed by atoms with E-state index in [0.717, 1.165) is 53.7 Å². The van der Waals surface area contributed by atoms with Gasteiger partial charge in [-0.05, 0) is 62.8 Å². The van der Waals surface area contributed by atoms with E-state index in [-0.39, 0.29) is 77.6 Å². The number of halogens is 7. The molecule has 9 nitrogen and oxygen atoms in total. The van der Waals surface area contributed by atoms with Gasteiger partial charge in [0.2, 0.25) is 5.91 Å². The van der Waals surface area contributed by atoms with E-state index >= 15 is 0 Å². The molecular weight excluding hydrogens is 957 g/mol. The van der Waals surface area contributed by atoms with Crippen molar-refractivity contribution in [3.63, 3.8) is 0 Å². The van der Waals surface area contributed by atoms with Crippen LogP contribution in [0.3, 0.4) is 0 Å². The van der Waals surface area contributed by atoms with Gasteiger partial charge in [-0.25, -0.2) is 14.2 Å². The summed E-state index contributed by atoms with van der Waals surface area (Å²) in [4.78, 5) is 38.9. The largest absolute Gasteiger partial charge is 0.573 e. The maximum Gasteiger partial charge on any atom is 0.573 e. The molecule has 1 saturated carbocycles. The fraction of sp³-hybridized carbons (Fsp3) is 0.514. The van der Waals surface area contributed by atoms with E-state index in [0.29, 0.717) is 12.8 Å². The number of aryl methyl sites for hydroxylation is 1. The van der Waals surface area contributed by atoms with Crippen molar-refractivity contribution >= 4 is 46.6 Å². The van der Waals surface area contributed by atoms with Crippen LogP contribution in [-0.2, 0) is 4.79 Å². The van der Waals surface area contributed by atoms with E-state index in [4.69, 9.17) is 4.74 Å². The summed E-state index contributed by atoms with van der Waals surface area (Å²) < 4.78 is 96.4. The zero-order chi connectivity index (χ0) is 38.3. The van der Waals surface area contributed by atoms with Gasteiger partial charge in [-0.3, -0.25) is 9.79 Å². The summed E-state index contributed by atoms with van der Waals surface area (Å²) in [6.07, 6.45) is -4.81. The van der Waals surface area contributed by atoms with Crippen molar-refractivity contribution in [3.8, 4) is 11.5 Å². The summed E-state index contributed by atoms with van der Waals surface area (Å²) in [5, 5.41) is 2.50. The third kappa shape index (κ3) is 16.4. The minimum atomic E-state index is -4.60. The summed E-state index contributed by atoms with van der Waals surface area (Å²) in [6.45, 7) is 3.00. The van der Waals surface area contributed by atoms with Crippen molar-refractivity contribution in [2.24, 2.45) is 26.8 Å². The minimum absolute atomic E-state index is 0. The van der Waals surface area contributed by atoms with Crippen LogP contribution in [0.15, 0.2) is 57.4 Å². The van der Waals surface area contributed by atoms with Crippen molar-refractivity contribution in [1.82, 2.24) is 5.32 Å². The van der Waals surface area contributed by atoms with Crippen molar-refractivity contribution in [2.75, 3.05) is 30.9 Å². The van der Waals surface area contributed by atoms with E-state index in [1.807, 2.05) is 6.21 Å². The number of amidine groups is 2. The van der Waals surface area contributed by atoms with E-state index in [9.17, 15) is 40.3 Å². The Hall–Kier alpha value is -3.10. The number of hydrogen-bond donors (Lipinski definition) is 1. The van der Waals surface area contributed by atoms with Gasteiger partial charge in [-0.2, -0.15) is 30.3 Å². The van der Waals surface area contributed by atoms with Gasteiger partial charge < -0.3 is 19.7 Å². The fourth-order valence-electron chi connectivity index (χ4n) is 5.25. The topological polar surface area (TPSA) is 105 Å². The van der Waals surface area contributed by atoms with Crippen molar-refractivity contribution in [2.45, 2.75) is 77.5 Å². The Morgan fingerprint density at radius 3 is 2.40 bits per heavy atom. The number of carbonyl (C=O) groups excluding carboxylic acids is 2. The number of aliphatic imine (C=N–C) groups is 3. The Kier molecular flexibility index (Phi) is 19.4. The molecule has 1 aliphatic carbocycles. The Bertz CT molecular complexity index is 1550. The van der Waals surface area contributed by atoms with E-state index < -0.39 is 43.7 Å². The summed E-state index contributed by atoms with van der Waals surface area (Å²) in [5.74, 6) is 0.172. The maximum absolute atomic E-state index is 15.0. The van der Waals surface area contributed by atoms with Gasteiger partial charge in [0, 0.05) is 56.0 Å². The molecule has 0 aromatic heterocycles. The Morgan fingerprint density at radius 1 is 1.11 bits per heavy atom. The third-order valence-corrected chi connectivity index (χ3v) is 8.80. The van der Waals surface area contributed by atoms with Gasteiger partial charge in [-0.15, -0.1) is 25.3 Å². The molecule has 18 heteroatoms. The van der Waals surface area contributed by atoms with E-state index in [1.165, 1.54) is 30.3 Å². The molecule has 1 aliphatic heterocycles. The molecule has 53 heavy (non-hydrogen) atoms. The predicted octanol–water partition coefficient (Wildman–Crippen LogP) is 8.90. The number of ether oxygens (including phenoxy) is 2. The van der Waals surface area contributed by atoms with Crippen LogP contribution in [0.25, 0.3) is 0 Å². The molecular formula is C35H41F7N5O4SU-. The van der Waals surface area contributed by atoms with Gasteiger partial charge in [0.1, 0.15) is 17.8 Å². The molecule has 3 amide bonds.